The van der Waals surface area contributed by atoms with E-state index in [1.54, 1.807) is 30.0 Å². The van der Waals surface area contributed by atoms with Crippen LogP contribution in [0.15, 0.2) is 70.7 Å². The molecule has 0 amide bonds. The summed E-state index contributed by atoms with van der Waals surface area (Å²) in [4.78, 5) is 6.17. The van der Waals surface area contributed by atoms with Crippen molar-refractivity contribution >= 4 is 23.5 Å². The van der Waals surface area contributed by atoms with Crippen molar-refractivity contribution in [3.63, 3.8) is 0 Å². The maximum absolute atomic E-state index is 13.9. The highest BCUT2D eigenvalue weighted by molar-refractivity contribution is 8.03. The van der Waals surface area contributed by atoms with Gasteiger partial charge in [-0.3, -0.25) is 4.99 Å². The van der Waals surface area contributed by atoms with Crippen molar-refractivity contribution in [2.45, 2.75) is 33.2 Å². The molecule has 0 saturated heterocycles. The summed E-state index contributed by atoms with van der Waals surface area (Å²) in [5, 5.41) is 0. The minimum absolute atomic E-state index is 0.132. The van der Waals surface area contributed by atoms with Crippen molar-refractivity contribution in [1.82, 2.24) is 0 Å². The van der Waals surface area contributed by atoms with Gasteiger partial charge in [0.1, 0.15) is 5.82 Å². The van der Waals surface area contributed by atoms with E-state index in [1.165, 1.54) is 16.5 Å². The molecular formula is C24H27FN2S. The number of thioether (sulfide) groups is 1. The van der Waals surface area contributed by atoms with E-state index in [0.717, 1.165) is 29.0 Å². The fourth-order valence-electron chi connectivity index (χ4n) is 3.14. The number of rotatable bonds is 5. The number of allylic oxidation sites excluding steroid dienone is 1. The number of benzene rings is 2. The normalized spacial score (nSPS) is 16.0. The molecule has 1 unspecified atom stereocenters. The molecule has 0 radical (unpaired) electrons. The van der Waals surface area contributed by atoms with Gasteiger partial charge >= 0.3 is 0 Å². The van der Waals surface area contributed by atoms with Crippen LogP contribution in [-0.4, -0.2) is 17.5 Å². The van der Waals surface area contributed by atoms with E-state index < -0.39 is 0 Å². The molecule has 1 aliphatic rings. The highest BCUT2D eigenvalue weighted by atomic mass is 32.2. The van der Waals surface area contributed by atoms with Crippen LogP contribution in [0, 0.1) is 11.2 Å². The number of hydrogen-bond acceptors (Lipinski definition) is 3. The summed E-state index contributed by atoms with van der Waals surface area (Å²) in [6, 6.07) is 14.9. The lowest BCUT2D eigenvalue weighted by Crippen LogP contribution is -2.38. The highest BCUT2D eigenvalue weighted by Gasteiger charge is 2.30. The minimum atomic E-state index is -0.269. The van der Waals surface area contributed by atoms with Crippen molar-refractivity contribution in [3.05, 3.63) is 88.2 Å². The van der Waals surface area contributed by atoms with Crippen molar-refractivity contribution < 1.29 is 4.39 Å². The maximum Gasteiger partial charge on any atom is 0.123 e. The predicted molar refractivity (Wildman–Crippen MR) is 120 cm³/mol. The fourth-order valence-corrected chi connectivity index (χ4v) is 4.26. The number of nitrogens with two attached hydrogens (primary N) is 1. The van der Waals surface area contributed by atoms with Crippen LogP contribution in [0.1, 0.15) is 37.5 Å². The summed E-state index contributed by atoms with van der Waals surface area (Å²) in [7, 11) is 0. The Morgan fingerprint density at radius 3 is 2.57 bits per heavy atom. The zero-order chi connectivity index (χ0) is 20.3. The van der Waals surface area contributed by atoms with Crippen LogP contribution in [0.4, 0.5) is 4.39 Å². The van der Waals surface area contributed by atoms with Gasteiger partial charge in [0.2, 0.25) is 0 Å². The van der Waals surface area contributed by atoms with Gasteiger partial charge in [-0.1, -0.05) is 69.8 Å². The largest absolute Gasteiger partial charge is 0.322 e. The summed E-state index contributed by atoms with van der Waals surface area (Å²) < 4.78 is 13.9. The first-order valence-corrected chi connectivity index (χ1v) is 10.4. The zero-order valence-corrected chi connectivity index (χ0v) is 17.5. The van der Waals surface area contributed by atoms with Crippen LogP contribution in [-0.2, 0) is 6.42 Å². The molecular weight excluding hydrogens is 367 g/mol. The predicted octanol–water partition coefficient (Wildman–Crippen LogP) is 5.83. The van der Waals surface area contributed by atoms with E-state index in [0.29, 0.717) is 5.75 Å². The minimum Gasteiger partial charge on any atom is -0.322 e. The van der Waals surface area contributed by atoms with E-state index in [-0.39, 0.29) is 17.3 Å². The molecule has 2 aromatic rings. The maximum atomic E-state index is 13.9. The van der Waals surface area contributed by atoms with Crippen LogP contribution in [0.3, 0.4) is 0 Å². The first kappa shape index (κ1) is 20.6. The summed E-state index contributed by atoms with van der Waals surface area (Å²) in [5.41, 5.74) is 11.2. The SMILES string of the molecule is C=Cc1ccc(F)cc1C1=NC(C(N)C(C)(C)C)=C(Cc2ccccc2)SC1. The van der Waals surface area contributed by atoms with Crippen molar-refractivity contribution in [2.24, 2.45) is 16.1 Å². The standard InChI is InChI=1S/C24H27FN2S/c1-5-17-11-12-18(25)14-19(17)20-15-28-21(13-16-9-7-6-8-10-16)22(27-20)23(26)24(2,3)4/h5-12,14,23H,1,13,15,26H2,2-4H3. The number of halogens is 1. The van der Waals surface area contributed by atoms with Gasteiger partial charge in [0, 0.05) is 22.6 Å². The summed E-state index contributed by atoms with van der Waals surface area (Å²) in [6.45, 7) is 10.2. The Balaban J connectivity index is 2.08. The Labute approximate surface area is 171 Å². The lowest BCUT2D eigenvalue weighted by Gasteiger charge is -2.31. The number of aliphatic imine (C=N–C) groups is 1. The topological polar surface area (TPSA) is 38.4 Å². The quantitative estimate of drug-likeness (QED) is 0.693. The first-order chi connectivity index (χ1) is 13.3. The molecule has 0 spiro atoms. The van der Waals surface area contributed by atoms with E-state index in [1.807, 2.05) is 18.2 Å². The second-order valence-corrected chi connectivity index (χ2v) is 9.17. The third-order valence-electron chi connectivity index (χ3n) is 4.91. The Hall–Kier alpha value is -2.17. The van der Waals surface area contributed by atoms with E-state index in [4.69, 9.17) is 10.7 Å². The van der Waals surface area contributed by atoms with Crippen LogP contribution in [0.2, 0.25) is 0 Å². The first-order valence-electron chi connectivity index (χ1n) is 9.45. The van der Waals surface area contributed by atoms with E-state index in [9.17, 15) is 4.39 Å². The van der Waals surface area contributed by atoms with Crippen LogP contribution < -0.4 is 5.73 Å². The van der Waals surface area contributed by atoms with Crippen molar-refractivity contribution in [1.29, 1.82) is 0 Å². The second-order valence-electron chi connectivity index (χ2n) is 8.10. The summed E-state index contributed by atoms with van der Waals surface area (Å²) >= 11 is 1.75. The Kier molecular flexibility index (Phi) is 6.21. The number of nitrogens with zero attached hydrogens (tertiary/aromatic N) is 1. The van der Waals surface area contributed by atoms with E-state index in [2.05, 4.69) is 39.5 Å². The molecule has 0 bridgehead atoms. The Morgan fingerprint density at radius 2 is 1.93 bits per heavy atom. The molecule has 2 aromatic carbocycles. The Bertz CT molecular complexity index is 923. The third-order valence-corrected chi connectivity index (χ3v) is 6.03. The molecule has 4 heteroatoms. The van der Waals surface area contributed by atoms with Gasteiger partial charge in [0.25, 0.3) is 0 Å². The molecule has 0 aromatic heterocycles. The molecule has 2 N–H and O–H groups in total. The van der Waals surface area contributed by atoms with Gasteiger partial charge in [0.05, 0.1) is 17.5 Å². The molecule has 2 nitrogen and oxygen atoms in total. The average molecular weight is 395 g/mol. The monoisotopic (exact) mass is 394 g/mol. The van der Waals surface area contributed by atoms with Gasteiger partial charge in [-0.05, 0) is 28.7 Å². The van der Waals surface area contributed by atoms with Gasteiger partial charge in [-0.25, -0.2) is 4.39 Å². The smallest absolute Gasteiger partial charge is 0.123 e. The molecule has 1 heterocycles. The molecule has 0 fully saturated rings. The molecule has 0 aliphatic carbocycles. The fraction of sp³-hybridized carbons (Fsp3) is 0.292. The molecule has 1 aliphatic heterocycles. The van der Waals surface area contributed by atoms with Crippen LogP contribution in [0.5, 0.6) is 0 Å². The van der Waals surface area contributed by atoms with Crippen molar-refractivity contribution in [2.75, 3.05) is 5.75 Å². The summed E-state index contributed by atoms with van der Waals surface area (Å²) in [6.07, 6.45) is 2.55. The molecule has 0 saturated carbocycles. The molecule has 28 heavy (non-hydrogen) atoms. The van der Waals surface area contributed by atoms with Crippen LogP contribution >= 0.6 is 11.8 Å². The average Bonchev–Trinajstić information content (AvgIpc) is 2.68. The van der Waals surface area contributed by atoms with Gasteiger partial charge in [-0.15, -0.1) is 11.8 Å². The highest BCUT2D eigenvalue weighted by Crippen LogP contribution is 2.36. The zero-order valence-electron chi connectivity index (χ0n) is 16.7. The lowest BCUT2D eigenvalue weighted by molar-refractivity contribution is 0.351. The Morgan fingerprint density at radius 1 is 1.21 bits per heavy atom. The third kappa shape index (κ3) is 4.62. The molecule has 1 atom stereocenters. The van der Waals surface area contributed by atoms with Gasteiger partial charge in [0.15, 0.2) is 0 Å². The van der Waals surface area contributed by atoms with E-state index >= 15 is 0 Å². The van der Waals surface area contributed by atoms with Gasteiger partial charge < -0.3 is 5.73 Å². The number of hydrogen-bond donors (Lipinski definition) is 1. The van der Waals surface area contributed by atoms with Gasteiger partial charge in [-0.2, -0.15) is 0 Å². The summed E-state index contributed by atoms with van der Waals surface area (Å²) in [5.74, 6) is 0.418. The van der Waals surface area contributed by atoms with Crippen molar-refractivity contribution in [3.8, 4) is 0 Å². The molecule has 146 valence electrons. The molecule has 3 rings (SSSR count). The lowest BCUT2D eigenvalue weighted by atomic mass is 9.84. The van der Waals surface area contributed by atoms with Crippen LogP contribution in [0.25, 0.3) is 6.08 Å². The second kappa shape index (κ2) is 8.46.